The summed E-state index contributed by atoms with van der Waals surface area (Å²) in [5, 5.41) is 4.13. The molecule has 0 aromatic heterocycles. The maximum Gasteiger partial charge on any atom is 0.244 e. The number of amides is 2. The van der Waals surface area contributed by atoms with Gasteiger partial charge in [0.25, 0.3) is 0 Å². The van der Waals surface area contributed by atoms with Gasteiger partial charge < -0.3 is 10.2 Å². The van der Waals surface area contributed by atoms with E-state index in [1.54, 1.807) is 42.5 Å². The summed E-state index contributed by atoms with van der Waals surface area (Å²) in [6.45, 7) is -0.407. The van der Waals surface area contributed by atoms with Gasteiger partial charge >= 0.3 is 0 Å². The van der Waals surface area contributed by atoms with Crippen molar-refractivity contribution in [2.24, 2.45) is 0 Å². The molecule has 1 unspecified atom stereocenters. The molecular weight excluding hydrogens is 581 g/mol. The Morgan fingerprint density at radius 3 is 2.17 bits per heavy atom. The van der Waals surface area contributed by atoms with Crippen LogP contribution in [0, 0.1) is 0 Å². The van der Waals surface area contributed by atoms with E-state index in [2.05, 4.69) is 5.32 Å². The molecule has 1 saturated carbocycles. The third-order valence-electron chi connectivity index (χ3n) is 7.26. The maximum absolute atomic E-state index is 14.1. The number of sulfonamides is 1. The van der Waals surface area contributed by atoms with Crippen molar-refractivity contribution in [1.29, 1.82) is 0 Å². The molecule has 41 heavy (non-hydrogen) atoms. The number of hydrogen-bond donors (Lipinski definition) is 1. The van der Waals surface area contributed by atoms with E-state index in [0.717, 1.165) is 53.8 Å². The van der Waals surface area contributed by atoms with Crippen LogP contribution in [0.25, 0.3) is 0 Å². The molecule has 1 N–H and O–H groups in total. The molecular formula is C31H35Cl2N3O4S. The van der Waals surface area contributed by atoms with Crippen LogP contribution >= 0.6 is 23.2 Å². The van der Waals surface area contributed by atoms with Crippen LogP contribution in [0.4, 0.5) is 5.69 Å². The summed E-state index contributed by atoms with van der Waals surface area (Å²) in [7, 11) is -3.85. The van der Waals surface area contributed by atoms with Crippen LogP contribution in [0.2, 0.25) is 10.0 Å². The van der Waals surface area contributed by atoms with Crippen LogP contribution in [0.5, 0.6) is 0 Å². The van der Waals surface area contributed by atoms with E-state index in [4.69, 9.17) is 23.2 Å². The predicted molar refractivity (Wildman–Crippen MR) is 165 cm³/mol. The summed E-state index contributed by atoms with van der Waals surface area (Å²) >= 11 is 12.3. The highest BCUT2D eigenvalue weighted by Crippen LogP contribution is 2.24. The molecule has 7 nitrogen and oxygen atoms in total. The second kappa shape index (κ2) is 14.2. The van der Waals surface area contributed by atoms with Gasteiger partial charge in [0.15, 0.2) is 0 Å². The predicted octanol–water partition coefficient (Wildman–Crippen LogP) is 5.85. The van der Waals surface area contributed by atoms with E-state index in [-0.39, 0.29) is 24.9 Å². The number of nitrogens with zero attached hydrogens (tertiary/aromatic N) is 2. The van der Waals surface area contributed by atoms with Gasteiger partial charge in [-0.2, -0.15) is 0 Å². The average molecular weight is 617 g/mol. The normalized spacial score (nSPS) is 14.7. The maximum atomic E-state index is 14.1. The summed E-state index contributed by atoms with van der Waals surface area (Å²) in [6, 6.07) is 22.0. The van der Waals surface area contributed by atoms with Crippen molar-refractivity contribution in [2.45, 2.75) is 57.2 Å². The lowest BCUT2D eigenvalue weighted by molar-refractivity contribution is -0.140. The Morgan fingerprint density at radius 2 is 1.54 bits per heavy atom. The molecule has 2 amide bonds. The van der Waals surface area contributed by atoms with Gasteiger partial charge in [-0.3, -0.25) is 13.9 Å². The number of carbonyl (C=O) groups is 2. The van der Waals surface area contributed by atoms with Crippen molar-refractivity contribution in [2.75, 3.05) is 17.1 Å². The lowest BCUT2D eigenvalue weighted by atomic mass is 9.94. The van der Waals surface area contributed by atoms with Gasteiger partial charge in [0.1, 0.15) is 12.6 Å². The monoisotopic (exact) mass is 615 g/mol. The molecule has 1 aliphatic rings. The number of nitrogens with one attached hydrogen (secondary N) is 1. The number of benzene rings is 3. The number of anilines is 1. The Labute approximate surface area is 252 Å². The van der Waals surface area contributed by atoms with Gasteiger partial charge in [0.05, 0.1) is 11.9 Å². The topological polar surface area (TPSA) is 86.8 Å². The summed E-state index contributed by atoms with van der Waals surface area (Å²) in [5.74, 6) is -0.765. The molecule has 0 saturated heterocycles. The molecule has 0 bridgehead atoms. The third kappa shape index (κ3) is 8.96. The SMILES string of the molecule is CS(=O)(=O)N(CC(=O)N(Cc1cccc(Cl)c1)C(Cc1ccccc1)C(=O)NC1CCCCC1)c1ccc(Cl)cc1. The van der Waals surface area contributed by atoms with Crippen molar-refractivity contribution in [3.05, 3.63) is 100 Å². The lowest BCUT2D eigenvalue weighted by Crippen LogP contribution is -2.55. The first-order valence-electron chi connectivity index (χ1n) is 13.7. The van der Waals surface area contributed by atoms with Crippen LogP contribution in [-0.2, 0) is 32.6 Å². The van der Waals surface area contributed by atoms with E-state index in [1.807, 2.05) is 36.4 Å². The summed E-state index contributed by atoms with van der Waals surface area (Å²) in [6.07, 6.45) is 6.34. The Morgan fingerprint density at radius 1 is 0.878 bits per heavy atom. The molecule has 1 atom stereocenters. The van der Waals surface area contributed by atoms with E-state index in [1.165, 1.54) is 4.90 Å². The van der Waals surface area contributed by atoms with Gasteiger partial charge in [-0.1, -0.05) is 84.9 Å². The molecule has 1 fully saturated rings. The summed E-state index contributed by atoms with van der Waals surface area (Å²) in [5.41, 5.74) is 1.92. The van der Waals surface area contributed by atoms with Crippen LogP contribution in [-0.4, -0.2) is 50.0 Å². The zero-order chi connectivity index (χ0) is 29.4. The van der Waals surface area contributed by atoms with Crippen molar-refractivity contribution in [3.63, 3.8) is 0 Å². The number of hydrogen-bond acceptors (Lipinski definition) is 4. The summed E-state index contributed by atoms with van der Waals surface area (Å²) in [4.78, 5) is 29.5. The lowest BCUT2D eigenvalue weighted by Gasteiger charge is -2.35. The first kappa shape index (κ1) is 30.9. The number of rotatable bonds is 11. The van der Waals surface area contributed by atoms with Crippen LogP contribution in [0.1, 0.15) is 43.2 Å². The second-order valence-corrected chi connectivity index (χ2v) is 13.2. The van der Waals surface area contributed by atoms with Gasteiger partial charge in [-0.25, -0.2) is 8.42 Å². The molecule has 1 aliphatic carbocycles. The molecule has 10 heteroatoms. The zero-order valence-electron chi connectivity index (χ0n) is 23.0. The molecule has 3 aromatic rings. The number of halogens is 2. The van der Waals surface area contributed by atoms with Gasteiger partial charge in [0, 0.05) is 29.1 Å². The first-order chi connectivity index (χ1) is 19.6. The minimum Gasteiger partial charge on any atom is -0.352 e. The Bertz CT molecular complexity index is 1430. The van der Waals surface area contributed by atoms with Crippen molar-refractivity contribution < 1.29 is 18.0 Å². The molecule has 0 aliphatic heterocycles. The minimum atomic E-state index is -3.85. The zero-order valence-corrected chi connectivity index (χ0v) is 25.3. The fraction of sp³-hybridized carbons (Fsp3) is 0.355. The Balaban J connectivity index is 1.71. The van der Waals surface area contributed by atoms with E-state index in [9.17, 15) is 18.0 Å². The van der Waals surface area contributed by atoms with E-state index in [0.29, 0.717) is 15.7 Å². The largest absolute Gasteiger partial charge is 0.352 e. The molecule has 0 heterocycles. The minimum absolute atomic E-state index is 0.0410. The first-order valence-corrected chi connectivity index (χ1v) is 16.3. The van der Waals surface area contributed by atoms with Crippen LogP contribution in [0.15, 0.2) is 78.9 Å². The molecule has 0 spiro atoms. The standard InChI is InChI=1S/C31H35Cl2N3O4S/c1-41(39,40)36(28-17-15-25(32)16-18-28)22-30(37)35(21-24-11-8-12-26(33)19-24)29(20-23-9-4-2-5-10-23)31(38)34-27-13-6-3-7-14-27/h2,4-5,8-12,15-19,27,29H,3,6-7,13-14,20-22H2,1H3,(H,34,38). The molecule has 0 radical (unpaired) electrons. The quantitative estimate of drug-likeness (QED) is 0.293. The third-order valence-corrected chi connectivity index (χ3v) is 8.89. The van der Waals surface area contributed by atoms with E-state index >= 15 is 0 Å². The fourth-order valence-electron chi connectivity index (χ4n) is 5.15. The van der Waals surface area contributed by atoms with Crippen molar-refractivity contribution in [3.8, 4) is 0 Å². The Kier molecular flexibility index (Phi) is 10.7. The highest BCUT2D eigenvalue weighted by molar-refractivity contribution is 7.92. The van der Waals surface area contributed by atoms with Gasteiger partial charge in [-0.05, 0) is 60.4 Å². The summed E-state index contributed by atoms with van der Waals surface area (Å²) < 4.78 is 26.8. The van der Waals surface area contributed by atoms with Crippen molar-refractivity contribution >= 4 is 50.7 Å². The van der Waals surface area contributed by atoms with Crippen LogP contribution < -0.4 is 9.62 Å². The van der Waals surface area contributed by atoms with E-state index < -0.39 is 28.5 Å². The average Bonchev–Trinajstić information content (AvgIpc) is 2.94. The van der Waals surface area contributed by atoms with Gasteiger partial charge in [0.2, 0.25) is 21.8 Å². The smallest absolute Gasteiger partial charge is 0.244 e. The number of carbonyl (C=O) groups excluding carboxylic acids is 2. The van der Waals surface area contributed by atoms with Crippen LogP contribution in [0.3, 0.4) is 0 Å². The molecule has 4 rings (SSSR count). The molecule has 3 aromatic carbocycles. The highest BCUT2D eigenvalue weighted by atomic mass is 35.5. The van der Waals surface area contributed by atoms with Gasteiger partial charge in [-0.15, -0.1) is 0 Å². The highest BCUT2D eigenvalue weighted by Gasteiger charge is 2.34. The molecule has 218 valence electrons. The van der Waals surface area contributed by atoms with Crippen molar-refractivity contribution in [1.82, 2.24) is 10.2 Å². The fourth-order valence-corrected chi connectivity index (χ4v) is 6.34. The second-order valence-electron chi connectivity index (χ2n) is 10.4. The Hall–Kier alpha value is -3.07.